The lowest BCUT2D eigenvalue weighted by Crippen LogP contribution is -2.26. The SMILES string of the molecule is COC(=O)c1cnc(NC(=O)C2CC(c3c(F)cccc3F)=NC2c2ccc(-c3ccc(OC(F)(F)F)cc3)cc2)s1. The minimum absolute atomic E-state index is 0.0774. The molecule has 3 aromatic carbocycles. The Morgan fingerprint density at radius 1 is 0.952 bits per heavy atom. The lowest BCUT2D eigenvalue weighted by atomic mass is 9.90. The van der Waals surface area contributed by atoms with Crippen LogP contribution in [0, 0.1) is 17.6 Å². The monoisotopic (exact) mass is 601 g/mol. The highest BCUT2D eigenvalue weighted by molar-refractivity contribution is 7.17. The van der Waals surface area contributed by atoms with Gasteiger partial charge >= 0.3 is 12.3 Å². The standard InChI is InChI=1S/C29H20F5N3O4S/c1-40-27(39)23-14-35-28(42-23)37-26(38)19-13-22(24-20(30)3-2-4-21(24)31)36-25(19)17-7-5-15(6-8-17)16-9-11-18(12-10-16)41-29(32,33)34/h2-12,14,19,25H,13H2,1H3,(H,35,37,38). The zero-order valence-corrected chi connectivity index (χ0v) is 22.4. The molecule has 0 saturated heterocycles. The lowest BCUT2D eigenvalue weighted by molar-refractivity contribution is -0.274. The van der Waals surface area contributed by atoms with Gasteiger partial charge in [-0.05, 0) is 41.0 Å². The summed E-state index contributed by atoms with van der Waals surface area (Å²) in [7, 11) is 1.22. The number of anilines is 1. The van der Waals surface area contributed by atoms with Crippen molar-refractivity contribution in [3.05, 3.63) is 101 Å². The maximum Gasteiger partial charge on any atom is 0.573 e. The van der Waals surface area contributed by atoms with Crippen molar-refractivity contribution in [1.82, 2.24) is 4.98 Å². The fourth-order valence-electron chi connectivity index (χ4n) is 4.56. The number of methoxy groups -OCH3 is 1. The molecule has 216 valence electrons. The number of aliphatic imine (C=N–C) groups is 1. The van der Waals surface area contributed by atoms with E-state index in [-0.39, 0.29) is 33.5 Å². The third-order valence-electron chi connectivity index (χ3n) is 6.47. The van der Waals surface area contributed by atoms with Gasteiger partial charge in [0, 0.05) is 12.1 Å². The van der Waals surface area contributed by atoms with Crippen LogP contribution >= 0.6 is 11.3 Å². The second-order valence-corrected chi connectivity index (χ2v) is 10.2. The molecule has 0 aliphatic carbocycles. The van der Waals surface area contributed by atoms with Crippen LogP contribution in [0.15, 0.2) is 77.9 Å². The second kappa shape index (κ2) is 11.7. The Kier molecular flexibility index (Phi) is 8.03. The van der Waals surface area contributed by atoms with Gasteiger partial charge in [0.15, 0.2) is 5.13 Å². The summed E-state index contributed by atoms with van der Waals surface area (Å²) < 4.78 is 75.2. The Balaban J connectivity index is 1.42. The first kappa shape index (κ1) is 28.9. The van der Waals surface area contributed by atoms with Crippen molar-refractivity contribution in [2.45, 2.75) is 18.8 Å². The molecule has 1 aliphatic rings. The van der Waals surface area contributed by atoms with E-state index in [9.17, 15) is 31.5 Å². The number of nitrogens with zero attached hydrogens (tertiary/aromatic N) is 2. The number of halogens is 5. The van der Waals surface area contributed by atoms with Crippen molar-refractivity contribution in [3.8, 4) is 16.9 Å². The fraction of sp³-hybridized carbons (Fsp3) is 0.172. The van der Waals surface area contributed by atoms with Gasteiger partial charge < -0.3 is 14.8 Å². The summed E-state index contributed by atoms with van der Waals surface area (Å²) >= 11 is 0.909. The van der Waals surface area contributed by atoms with Gasteiger partial charge in [0.2, 0.25) is 5.91 Å². The summed E-state index contributed by atoms with van der Waals surface area (Å²) in [6, 6.07) is 14.7. The van der Waals surface area contributed by atoms with Crippen LogP contribution in [0.1, 0.15) is 33.3 Å². The molecule has 0 radical (unpaired) electrons. The van der Waals surface area contributed by atoms with E-state index in [1.165, 1.54) is 43.6 Å². The average Bonchev–Trinajstić information content (AvgIpc) is 3.60. The van der Waals surface area contributed by atoms with Crippen LogP contribution in [0.25, 0.3) is 11.1 Å². The highest BCUT2D eigenvalue weighted by Crippen LogP contribution is 2.39. The minimum Gasteiger partial charge on any atom is -0.465 e. The summed E-state index contributed by atoms with van der Waals surface area (Å²) in [5.41, 5.74) is 1.60. The first-order valence-electron chi connectivity index (χ1n) is 12.3. The zero-order valence-electron chi connectivity index (χ0n) is 21.6. The number of amides is 1. The Labute approximate surface area is 239 Å². The zero-order chi connectivity index (χ0) is 30.0. The van der Waals surface area contributed by atoms with Gasteiger partial charge in [-0.1, -0.05) is 53.8 Å². The molecule has 1 amide bonds. The highest BCUT2D eigenvalue weighted by atomic mass is 32.1. The van der Waals surface area contributed by atoms with E-state index < -0.39 is 41.8 Å². The fourth-order valence-corrected chi connectivity index (χ4v) is 5.30. The smallest absolute Gasteiger partial charge is 0.465 e. The number of benzene rings is 3. The first-order valence-corrected chi connectivity index (χ1v) is 13.2. The number of ether oxygens (including phenoxy) is 2. The van der Waals surface area contributed by atoms with Crippen LogP contribution in [0.3, 0.4) is 0 Å². The number of carbonyl (C=O) groups excluding carboxylic acids is 2. The number of thiazole rings is 1. The van der Waals surface area contributed by atoms with Crippen LogP contribution in [0.5, 0.6) is 5.75 Å². The quantitative estimate of drug-likeness (QED) is 0.183. The van der Waals surface area contributed by atoms with Crippen molar-refractivity contribution < 1.29 is 41.0 Å². The van der Waals surface area contributed by atoms with Crippen LogP contribution in [-0.4, -0.2) is 36.0 Å². The molecule has 0 bridgehead atoms. The van der Waals surface area contributed by atoms with Gasteiger partial charge in [0.05, 0.1) is 30.8 Å². The number of aromatic nitrogens is 1. The molecule has 7 nitrogen and oxygen atoms in total. The van der Waals surface area contributed by atoms with Crippen LogP contribution in [0.2, 0.25) is 0 Å². The summed E-state index contributed by atoms with van der Waals surface area (Å²) in [6.07, 6.45) is -3.62. The number of carbonyl (C=O) groups is 2. The largest absolute Gasteiger partial charge is 0.573 e. The van der Waals surface area contributed by atoms with Gasteiger partial charge in [-0.25, -0.2) is 18.6 Å². The molecule has 5 rings (SSSR count). The molecule has 1 aromatic heterocycles. The van der Waals surface area contributed by atoms with Crippen molar-refractivity contribution in [2.24, 2.45) is 10.9 Å². The predicted octanol–water partition coefficient (Wildman–Crippen LogP) is 6.96. The van der Waals surface area contributed by atoms with Crippen molar-refractivity contribution in [2.75, 3.05) is 12.4 Å². The molecule has 13 heteroatoms. The van der Waals surface area contributed by atoms with Crippen molar-refractivity contribution >= 4 is 34.1 Å². The molecule has 0 saturated carbocycles. The Hall–Kier alpha value is -4.65. The van der Waals surface area contributed by atoms with E-state index in [1.54, 1.807) is 24.3 Å². The summed E-state index contributed by atoms with van der Waals surface area (Å²) in [6.45, 7) is 0. The van der Waals surface area contributed by atoms with Gasteiger partial charge in [0.25, 0.3) is 0 Å². The predicted molar refractivity (Wildman–Crippen MR) is 144 cm³/mol. The van der Waals surface area contributed by atoms with Gasteiger partial charge in [-0.15, -0.1) is 13.2 Å². The summed E-state index contributed by atoms with van der Waals surface area (Å²) in [4.78, 5) is 33.9. The van der Waals surface area contributed by atoms with E-state index >= 15 is 0 Å². The lowest BCUT2D eigenvalue weighted by Gasteiger charge is -2.18. The third kappa shape index (κ3) is 6.30. The molecule has 0 spiro atoms. The van der Waals surface area contributed by atoms with E-state index in [2.05, 4.69) is 24.8 Å². The van der Waals surface area contributed by atoms with Crippen molar-refractivity contribution in [3.63, 3.8) is 0 Å². The molecule has 1 N–H and O–H groups in total. The molecule has 2 unspecified atom stereocenters. The number of esters is 1. The molecule has 2 atom stereocenters. The van der Waals surface area contributed by atoms with E-state index in [0.29, 0.717) is 16.7 Å². The van der Waals surface area contributed by atoms with Crippen LogP contribution < -0.4 is 10.1 Å². The van der Waals surface area contributed by atoms with Gasteiger partial charge in [-0.2, -0.15) is 0 Å². The Morgan fingerprint density at radius 3 is 2.17 bits per heavy atom. The number of alkyl halides is 3. The molecular formula is C29H20F5N3O4S. The average molecular weight is 602 g/mol. The Bertz CT molecular complexity index is 1630. The molecule has 4 aromatic rings. The molecular weight excluding hydrogens is 581 g/mol. The summed E-state index contributed by atoms with van der Waals surface area (Å²) in [5.74, 6) is -4.01. The Morgan fingerprint density at radius 2 is 1.57 bits per heavy atom. The van der Waals surface area contributed by atoms with Crippen LogP contribution in [0.4, 0.5) is 27.1 Å². The summed E-state index contributed by atoms with van der Waals surface area (Å²) in [5, 5.41) is 2.79. The van der Waals surface area contributed by atoms with E-state index in [1.807, 2.05) is 0 Å². The second-order valence-electron chi connectivity index (χ2n) is 9.13. The first-order chi connectivity index (χ1) is 20.0. The number of nitrogens with one attached hydrogen (secondary N) is 1. The van der Waals surface area contributed by atoms with Crippen molar-refractivity contribution in [1.29, 1.82) is 0 Å². The maximum atomic E-state index is 14.6. The topological polar surface area (TPSA) is 89.9 Å². The normalized spacial score (nSPS) is 16.6. The molecule has 0 fully saturated rings. The van der Waals surface area contributed by atoms with Crippen LogP contribution in [-0.2, 0) is 9.53 Å². The van der Waals surface area contributed by atoms with E-state index in [4.69, 9.17) is 0 Å². The number of hydrogen-bond acceptors (Lipinski definition) is 7. The minimum atomic E-state index is -4.80. The van der Waals surface area contributed by atoms with E-state index in [0.717, 1.165) is 23.5 Å². The molecule has 42 heavy (non-hydrogen) atoms. The number of hydrogen-bond donors (Lipinski definition) is 1. The molecule has 1 aliphatic heterocycles. The van der Waals surface area contributed by atoms with Gasteiger partial charge in [0.1, 0.15) is 22.3 Å². The highest BCUT2D eigenvalue weighted by Gasteiger charge is 2.38. The van der Waals surface area contributed by atoms with Gasteiger partial charge in [-0.3, -0.25) is 9.79 Å². The maximum absolute atomic E-state index is 14.6. The number of rotatable bonds is 7. The molecule has 2 heterocycles. The third-order valence-corrected chi connectivity index (χ3v) is 7.37.